The lowest BCUT2D eigenvalue weighted by Crippen LogP contribution is -2.44. The van der Waals surface area contributed by atoms with E-state index in [2.05, 4.69) is 24.1 Å². The average Bonchev–Trinajstić information content (AvgIpc) is 3.57. The first kappa shape index (κ1) is 29.0. The Kier molecular flexibility index (Phi) is 10.2. The molecule has 2 atom stereocenters. The Balaban J connectivity index is 0.00000116. The third-order valence-electron chi connectivity index (χ3n) is 6.37. The topological polar surface area (TPSA) is 75.4 Å². The molecule has 0 aliphatic rings. The molecule has 0 bridgehead atoms. The largest absolute Gasteiger partial charge is 0.459 e. The normalized spacial score (nSPS) is 11.9. The van der Waals surface area contributed by atoms with E-state index >= 15 is 0 Å². The Morgan fingerprint density at radius 2 is 1.41 bits per heavy atom. The van der Waals surface area contributed by atoms with Gasteiger partial charge in [0.1, 0.15) is 6.04 Å². The van der Waals surface area contributed by atoms with E-state index in [1.54, 1.807) is 36.7 Å². The molecule has 1 N–H and O–H groups in total. The fourth-order valence-electron chi connectivity index (χ4n) is 4.42. The predicted molar refractivity (Wildman–Crippen MR) is 165 cm³/mol. The van der Waals surface area contributed by atoms with Crippen LogP contribution in [0, 0.1) is 0 Å². The number of carbonyl (C=O) groups is 2. The Morgan fingerprint density at radius 1 is 0.805 bits per heavy atom. The second-order valence-electron chi connectivity index (χ2n) is 9.60. The van der Waals surface area contributed by atoms with Gasteiger partial charge in [0.05, 0.1) is 12.3 Å². The number of rotatable bonds is 8. The molecule has 6 nitrogen and oxygen atoms in total. The molecular weight excluding hydrogens is 510 g/mol. The van der Waals surface area contributed by atoms with E-state index in [4.69, 9.17) is 4.42 Å². The second kappa shape index (κ2) is 14.4. The molecule has 0 aliphatic carbocycles. The minimum absolute atomic E-state index is 0. The third-order valence-corrected chi connectivity index (χ3v) is 6.37. The lowest BCUT2D eigenvalue weighted by molar-refractivity contribution is -0.123. The second-order valence-corrected chi connectivity index (χ2v) is 9.60. The quantitative estimate of drug-likeness (QED) is 0.212. The molecule has 0 radical (unpaired) electrons. The minimum Gasteiger partial charge on any atom is -0.459 e. The number of furan rings is 1. The summed E-state index contributed by atoms with van der Waals surface area (Å²) in [5.41, 5.74) is 4.16. The number of nitrogens with one attached hydrogen (secondary N) is 1. The van der Waals surface area contributed by atoms with Gasteiger partial charge in [-0.15, -0.1) is 0 Å². The molecule has 2 aromatic heterocycles. The molecule has 0 saturated carbocycles. The van der Waals surface area contributed by atoms with Crippen LogP contribution in [0.2, 0.25) is 0 Å². The molecule has 0 aliphatic heterocycles. The molecular formula is C35H37N3O3. The summed E-state index contributed by atoms with van der Waals surface area (Å²) in [7, 11) is 0. The molecule has 2 heterocycles. The van der Waals surface area contributed by atoms with Crippen molar-refractivity contribution in [3.05, 3.63) is 145 Å². The van der Waals surface area contributed by atoms with E-state index in [-0.39, 0.29) is 19.1 Å². The molecule has 3 aromatic carbocycles. The molecule has 210 valence electrons. The summed E-state index contributed by atoms with van der Waals surface area (Å²) in [5, 5.41) is 3.09. The highest BCUT2D eigenvalue weighted by Gasteiger charge is 2.35. The Labute approximate surface area is 243 Å². The van der Waals surface area contributed by atoms with Crippen LogP contribution in [-0.2, 0) is 4.79 Å². The number of pyridine rings is 1. The van der Waals surface area contributed by atoms with Crippen LogP contribution in [0.5, 0.6) is 0 Å². The van der Waals surface area contributed by atoms with Crippen LogP contribution in [0.3, 0.4) is 0 Å². The van der Waals surface area contributed by atoms with E-state index in [0.29, 0.717) is 11.3 Å². The summed E-state index contributed by atoms with van der Waals surface area (Å²) >= 11 is 0. The number of hydrogen-bond donors (Lipinski definition) is 1. The van der Waals surface area contributed by atoms with Gasteiger partial charge in [-0.25, -0.2) is 0 Å². The van der Waals surface area contributed by atoms with Crippen molar-refractivity contribution in [3.8, 4) is 11.1 Å². The summed E-state index contributed by atoms with van der Waals surface area (Å²) in [6.07, 6.45) is 5.94. The number of nitrogens with zero attached hydrogens (tertiary/aromatic N) is 2. The average molecular weight is 548 g/mol. The van der Waals surface area contributed by atoms with Gasteiger partial charge in [-0.2, -0.15) is 0 Å². The Bertz CT molecular complexity index is 1490. The van der Waals surface area contributed by atoms with Crippen molar-refractivity contribution in [1.82, 2.24) is 10.3 Å². The van der Waals surface area contributed by atoms with Crippen molar-refractivity contribution < 1.29 is 15.4 Å². The summed E-state index contributed by atoms with van der Waals surface area (Å²) < 4.78 is 5.47. The van der Waals surface area contributed by atoms with Crippen LogP contribution in [0.25, 0.3) is 11.1 Å². The van der Waals surface area contributed by atoms with Crippen LogP contribution >= 0.6 is 0 Å². The smallest absolute Gasteiger partial charge is 0.294 e. The van der Waals surface area contributed by atoms with E-state index < -0.39 is 11.9 Å². The summed E-state index contributed by atoms with van der Waals surface area (Å²) in [6, 6.07) is 32.8. The monoisotopic (exact) mass is 547 g/mol. The van der Waals surface area contributed by atoms with Crippen molar-refractivity contribution in [1.29, 1.82) is 0 Å². The van der Waals surface area contributed by atoms with Gasteiger partial charge in [-0.05, 0) is 53.9 Å². The zero-order valence-corrected chi connectivity index (χ0v) is 23.6. The summed E-state index contributed by atoms with van der Waals surface area (Å²) in [6.45, 7) is 6.17. The van der Waals surface area contributed by atoms with Gasteiger partial charge in [-0.1, -0.05) is 99.1 Å². The van der Waals surface area contributed by atoms with Crippen molar-refractivity contribution in [3.63, 3.8) is 0 Å². The number of hydrogen-bond acceptors (Lipinski definition) is 4. The molecule has 5 aromatic rings. The molecule has 41 heavy (non-hydrogen) atoms. The van der Waals surface area contributed by atoms with E-state index in [1.807, 2.05) is 91.9 Å². The van der Waals surface area contributed by atoms with E-state index in [1.165, 1.54) is 17.6 Å². The first-order valence-corrected chi connectivity index (χ1v) is 13.8. The predicted octanol–water partition coefficient (Wildman–Crippen LogP) is 8.27. The Hall–Kier alpha value is -4.97. The molecule has 2 unspecified atom stereocenters. The molecule has 0 fully saturated rings. The fourth-order valence-corrected chi connectivity index (χ4v) is 4.42. The first-order chi connectivity index (χ1) is 20.0. The van der Waals surface area contributed by atoms with Gasteiger partial charge in [0.2, 0.25) is 5.91 Å². The molecule has 0 spiro atoms. The number of benzene rings is 3. The standard InChI is InChI=1S/C32H27N3O3.C3H8.H2/c1-23(24-10-4-2-5-11-24)34-31(36)30(27-14-8-20-33-22-27)35(32(37)29-15-9-21-38-29)28-18-16-26(17-19-28)25-12-6-3-7-13-25;1-3-2;/h2-23,30H,1H3,(H,34,36);3H2,1-2H3;1H. The van der Waals surface area contributed by atoms with Crippen LogP contribution < -0.4 is 10.2 Å². The fraction of sp³-hybridized carbons (Fsp3) is 0.171. The van der Waals surface area contributed by atoms with Gasteiger partial charge in [0.25, 0.3) is 5.91 Å². The van der Waals surface area contributed by atoms with E-state index in [9.17, 15) is 9.59 Å². The molecule has 0 saturated heterocycles. The van der Waals surface area contributed by atoms with Crippen molar-refractivity contribution in [2.24, 2.45) is 0 Å². The van der Waals surface area contributed by atoms with Crippen molar-refractivity contribution in [2.45, 2.75) is 39.3 Å². The number of carbonyl (C=O) groups excluding carboxylic acids is 2. The molecule has 2 amide bonds. The number of aromatic nitrogens is 1. The lowest BCUT2D eigenvalue weighted by atomic mass is 10.0. The molecule has 6 heteroatoms. The maximum atomic E-state index is 13.9. The van der Waals surface area contributed by atoms with Crippen LogP contribution in [0.15, 0.2) is 132 Å². The van der Waals surface area contributed by atoms with Crippen LogP contribution in [-0.4, -0.2) is 16.8 Å². The zero-order chi connectivity index (χ0) is 29.0. The van der Waals surface area contributed by atoms with E-state index in [0.717, 1.165) is 16.7 Å². The maximum absolute atomic E-state index is 13.9. The van der Waals surface area contributed by atoms with Gasteiger partial charge in [-0.3, -0.25) is 19.5 Å². The highest BCUT2D eigenvalue weighted by molar-refractivity contribution is 6.08. The van der Waals surface area contributed by atoms with Crippen LogP contribution in [0.1, 0.15) is 62.4 Å². The SMILES string of the molecule is CC(NC(=O)C(c1cccnc1)N(C(=O)c1ccco1)c1ccc(-c2ccccc2)cc1)c1ccccc1.CCC.[HH]. The molecule has 5 rings (SSSR count). The van der Waals surface area contributed by atoms with Gasteiger partial charge in [0.15, 0.2) is 5.76 Å². The number of amides is 2. The Morgan fingerprint density at radius 3 is 2.00 bits per heavy atom. The van der Waals surface area contributed by atoms with Gasteiger partial charge < -0.3 is 9.73 Å². The summed E-state index contributed by atoms with van der Waals surface area (Å²) in [5.74, 6) is -0.629. The summed E-state index contributed by atoms with van der Waals surface area (Å²) in [4.78, 5) is 33.5. The van der Waals surface area contributed by atoms with Crippen LogP contribution in [0.4, 0.5) is 5.69 Å². The number of anilines is 1. The van der Waals surface area contributed by atoms with Crippen molar-refractivity contribution >= 4 is 17.5 Å². The maximum Gasteiger partial charge on any atom is 0.294 e. The lowest BCUT2D eigenvalue weighted by Gasteiger charge is -2.31. The highest BCUT2D eigenvalue weighted by atomic mass is 16.3. The highest BCUT2D eigenvalue weighted by Crippen LogP contribution is 2.32. The first-order valence-electron chi connectivity index (χ1n) is 13.8. The zero-order valence-electron chi connectivity index (χ0n) is 23.6. The minimum atomic E-state index is -0.991. The van der Waals surface area contributed by atoms with Crippen molar-refractivity contribution in [2.75, 3.05) is 4.90 Å². The third kappa shape index (κ3) is 7.37. The van der Waals surface area contributed by atoms with Gasteiger partial charge >= 0.3 is 0 Å². The van der Waals surface area contributed by atoms with Gasteiger partial charge in [0, 0.05) is 25.1 Å².